The van der Waals surface area contributed by atoms with Gasteiger partial charge in [-0.1, -0.05) is 5.16 Å². The third-order valence-corrected chi connectivity index (χ3v) is 7.91. The average Bonchev–Trinajstić information content (AvgIpc) is 3.58. The van der Waals surface area contributed by atoms with Gasteiger partial charge in [0.15, 0.2) is 17.9 Å². The second kappa shape index (κ2) is 14.0. The highest BCUT2D eigenvalue weighted by molar-refractivity contribution is 7.80. The monoisotopic (exact) mass is 698 g/mol. The van der Waals surface area contributed by atoms with Crippen molar-refractivity contribution in [3.05, 3.63) is 47.5 Å². The minimum atomic E-state index is -5.29. The molecular formula is C26H31FN8O10S2. The maximum absolute atomic E-state index is 15.0. The fourth-order valence-corrected chi connectivity index (χ4v) is 5.44. The van der Waals surface area contributed by atoms with Crippen LogP contribution in [0.2, 0.25) is 0 Å². The molecule has 1 aliphatic heterocycles. The van der Waals surface area contributed by atoms with Crippen LogP contribution in [-0.4, -0.2) is 87.1 Å². The third kappa shape index (κ3) is 8.18. The Labute approximate surface area is 271 Å². The summed E-state index contributed by atoms with van der Waals surface area (Å²) in [5.74, 6) is -4.33. The molecule has 0 bridgehead atoms. The van der Waals surface area contributed by atoms with Crippen LogP contribution in [0.1, 0.15) is 26.0 Å². The molecule has 254 valence electrons. The fraction of sp³-hybridized carbons (Fsp3) is 0.385. The lowest BCUT2D eigenvalue weighted by Crippen LogP contribution is -2.76. The minimum Gasteiger partial charge on any atom is -0.724 e. The molecule has 1 aromatic carbocycles. The molecule has 2 amide bonds. The number of nitrogens with two attached hydrogens (primary N) is 2. The van der Waals surface area contributed by atoms with Gasteiger partial charge < -0.3 is 36.0 Å². The summed E-state index contributed by atoms with van der Waals surface area (Å²) >= 11 is 0.920. The summed E-state index contributed by atoms with van der Waals surface area (Å²) in [5, 5.41) is 17.3. The van der Waals surface area contributed by atoms with Gasteiger partial charge in [-0.25, -0.2) is 22.6 Å². The largest absolute Gasteiger partial charge is 0.724 e. The van der Waals surface area contributed by atoms with Gasteiger partial charge in [-0.2, -0.15) is 14.0 Å². The van der Waals surface area contributed by atoms with Crippen LogP contribution in [0.15, 0.2) is 41.1 Å². The Kier molecular flexibility index (Phi) is 10.4. The van der Waals surface area contributed by atoms with Crippen LogP contribution in [0.3, 0.4) is 0 Å². The number of carboxylic acids is 1. The van der Waals surface area contributed by atoms with Crippen LogP contribution in [0.4, 0.5) is 9.52 Å². The first-order chi connectivity index (χ1) is 22.0. The number of benzene rings is 1. The first-order valence-corrected chi connectivity index (χ1v) is 15.9. The number of nitrogens with zero attached hydrogens (tertiary/aromatic N) is 5. The first kappa shape index (κ1) is 35.2. The standard InChI is InChI=1S/C26H31FN8O10S2/c1-26(2)21(23(37)35(26)45-47(40,41)42)31-22(36)20(18-13-46-25(29)30-18)32-44-19(24(38)39)12-43-15-5-6-16(17(27)9-15)14-10-33(3)34(11-14)8-4-7-28/h5-6,9-11,13,19,21H,4,7-8,12,28H2,1-3H3,(H4-,29,30,31,36,38,39,40,41,42)/b32-20-/t19?,21-/m1/s1. The van der Waals surface area contributed by atoms with E-state index in [1.807, 2.05) is 11.7 Å². The van der Waals surface area contributed by atoms with Crippen molar-refractivity contribution in [2.24, 2.45) is 17.9 Å². The maximum Gasteiger partial charge on any atom is 0.351 e. The molecule has 3 aromatic rings. The molecule has 2 atom stereocenters. The number of nitrogen functional groups attached to an aromatic ring is 1. The zero-order valence-electron chi connectivity index (χ0n) is 25.2. The summed E-state index contributed by atoms with van der Waals surface area (Å²) in [4.78, 5) is 46.6. The van der Waals surface area contributed by atoms with Crippen molar-refractivity contribution in [1.82, 2.24) is 20.0 Å². The first-order valence-electron chi connectivity index (χ1n) is 13.7. The Morgan fingerprint density at radius 1 is 1.36 bits per heavy atom. The number of thiazole rings is 1. The van der Waals surface area contributed by atoms with Crippen molar-refractivity contribution >= 4 is 50.4 Å². The predicted molar refractivity (Wildman–Crippen MR) is 159 cm³/mol. The summed E-state index contributed by atoms with van der Waals surface area (Å²) in [5.41, 5.74) is 9.90. The molecule has 47 heavy (non-hydrogen) atoms. The lowest BCUT2D eigenvalue weighted by Gasteiger charge is -2.51. The van der Waals surface area contributed by atoms with Gasteiger partial charge in [0.2, 0.25) is 16.6 Å². The van der Waals surface area contributed by atoms with E-state index in [4.69, 9.17) is 21.0 Å². The number of hydroxylamine groups is 2. The molecule has 1 fully saturated rings. The molecule has 2 aromatic heterocycles. The number of aromatic nitrogens is 3. The molecule has 0 aliphatic carbocycles. The number of carbonyl (C=O) groups excluding carboxylic acids is 2. The molecular weight excluding hydrogens is 667 g/mol. The second-order valence-corrected chi connectivity index (χ2v) is 12.5. The van der Waals surface area contributed by atoms with Gasteiger partial charge in [0.05, 0.1) is 23.8 Å². The number of ether oxygens (including phenoxy) is 1. The summed E-state index contributed by atoms with van der Waals surface area (Å²) in [6.07, 6.45) is 2.45. The van der Waals surface area contributed by atoms with Gasteiger partial charge in [0, 0.05) is 17.0 Å². The maximum atomic E-state index is 15.0. The van der Waals surface area contributed by atoms with E-state index in [-0.39, 0.29) is 22.1 Å². The molecule has 0 radical (unpaired) electrons. The van der Waals surface area contributed by atoms with E-state index in [0.29, 0.717) is 23.7 Å². The summed E-state index contributed by atoms with van der Waals surface area (Å²) in [7, 11) is -3.48. The zero-order chi connectivity index (χ0) is 34.7. The van der Waals surface area contributed by atoms with Crippen LogP contribution in [0.5, 0.6) is 5.75 Å². The summed E-state index contributed by atoms with van der Waals surface area (Å²) in [6, 6.07) is 2.60. The fourth-order valence-electron chi connectivity index (χ4n) is 4.45. The Morgan fingerprint density at radius 2 is 2.09 bits per heavy atom. The number of anilines is 1. The summed E-state index contributed by atoms with van der Waals surface area (Å²) < 4.78 is 61.3. The summed E-state index contributed by atoms with van der Waals surface area (Å²) in [6.45, 7) is 3.10. The van der Waals surface area contributed by atoms with Crippen molar-refractivity contribution in [3.63, 3.8) is 0 Å². The van der Waals surface area contributed by atoms with E-state index < -0.39 is 64.0 Å². The van der Waals surface area contributed by atoms with Crippen molar-refractivity contribution < 1.29 is 55.4 Å². The highest BCUT2D eigenvalue weighted by atomic mass is 32.3. The van der Waals surface area contributed by atoms with Crippen molar-refractivity contribution in [1.29, 1.82) is 0 Å². The van der Waals surface area contributed by atoms with Crippen LogP contribution in [0, 0.1) is 5.82 Å². The normalized spacial score (nSPS) is 16.8. The van der Waals surface area contributed by atoms with E-state index >= 15 is 4.39 Å². The van der Waals surface area contributed by atoms with Crippen molar-refractivity contribution in [2.45, 2.75) is 44.5 Å². The van der Waals surface area contributed by atoms with Gasteiger partial charge in [-0.15, -0.1) is 16.0 Å². The smallest absolute Gasteiger partial charge is 0.351 e. The highest BCUT2D eigenvalue weighted by Crippen LogP contribution is 2.33. The van der Waals surface area contributed by atoms with Crippen LogP contribution in [0.25, 0.3) is 11.1 Å². The highest BCUT2D eigenvalue weighted by Gasteiger charge is 2.57. The lowest BCUT2D eigenvalue weighted by atomic mass is 9.84. The number of oxime groups is 1. The molecule has 0 saturated carbocycles. The number of aryl methyl sites for hydroxylation is 2. The Morgan fingerprint density at radius 3 is 2.66 bits per heavy atom. The van der Waals surface area contributed by atoms with E-state index in [2.05, 4.69) is 19.7 Å². The van der Waals surface area contributed by atoms with Crippen molar-refractivity contribution in [2.75, 3.05) is 18.9 Å². The van der Waals surface area contributed by atoms with Crippen LogP contribution >= 0.6 is 11.3 Å². The lowest BCUT2D eigenvalue weighted by molar-refractivity contribution is -0.753. The van der Waals surface area contributed by atoms with Crippen LogP contribution in [-0.2, 0) is 47.5 Å². The van der Waals surface area contributed by atoms with Gasteiger partial charge in [0.1, 0.15) is 29.9 Å². The predicted octanol–water partition coefficient (Wildman–Crippen LogP) is -0.743. The third-order valence-electron chi connectivity index (χ3n) is 6.91. The number of hydrogen-bond acceptors (Lipinski definition) is 14. The molecule has 3 heterocycles. The van der Waals surface area contributed by atoms with E-state index in [1.54, 1.807) is 17.1 Å². The molecule has 1 saturated heterocycles. The van der Waals surface area contributed by atoms with Gasteiger partial charge in [-0.05, 0) is 38.9 Å². The van der Waals surface area contributed by atoms with E-state index in [9.17, 15) is 32.5 Å². The molecule has 18 nitrogen and oxygen atoms in total. The number of halogens is 1. The molecule has 1 unspecified atom stereocenters. The average molecular weight is 699 g/mol. The van der Waals surface area contributed by atoms with Gasteiger partial charge >= 0.3 is 5.97 Å². The van der Waals surface area contributed by atoms with E-state index in [1.165, 1.54) is 31.4 Å². The molecule has 21 heteroatoms. The number of β-lactam (4-membered cyclic amide) rings is 1. The van der Waals surface area contributed by atoms with Crippen LogP contribution < -0.4 is 26.2 Å². The number of amides is 2. The second-order valence-electron chi connectivity index (χ2n) is 10.7. The number of carbonyl (C=O) groups is 3. The van der Waals surface area contributed by atoms with Gasteiger partial charge in [0.25, 0.3) is 17.9 Å². The Hall–Kier alpha value is -4.70. The Balaban J connectivity index is 1.47. The number of nitrogens with one attached hydrogen (secondary N) is 1. The molecule has 6 N–H and O–H groups in total. The van der Waals surface area contributed by atoms with Gasteiger partial charge in [-0.3, -0.25) is 9.59 Å². The molecule has 0 spiro atoms. The zero-order valence-corrected chi connectivity index (χ0v) is 26.8. The number of rotatable bonds is 15. The molecule has 4 rings (SSSR count). The van der Waals surface area contributed by atoms with E-state index in [0.717, 1.165) is 23.8 Å². The number of carboxylic acid groups (broad SMARTS) is 1. The number of hydrogen-bond donors (Lipinski definition) is 4. The quantitative estimate of drug-likeness (QED) is 0.0381. The van der Waals surface area contributed by atoms with Crippen molar-refractivity contribution in [3.8, 4) is 16.9 Å². The number of aliphatic carboxylic acids is 1. The SMILES string of the molecule is C[n+]1cc(-c2ccc(OCC(O/N=C(\C(=O)N[C@@H]3C(=O)N(OS(=O)(=O)[O-])C3(C)C)c3csc(N)n3)C(=O)O)cc2F)cn1CCCN. The minimum absolute atomic E-state index is 0.0140. The topological polar surface area (TPSA) is 258 Å². The molecule has 1 aliphatic rings. The Bertz CT molecular complexity index is 1810.